The summed E-state index contributed by atoms with van der Waals surface area (Å²) in [5.41, 5.74) is 0. The molecule has 0 aromatic carbocycles. The number of aldehydes is 1. The van der Waals surface area contributed by atoms with Crippen molar-refractivity contribution in [2.75, 3.05) is 0 Å². The molecule has 0 fully saturated rings. The van der Waals surface area contributed by atoms with Crippen LogP contribution in [0.25, 0.3) is 0 Å². The summed E-state index contributed by atoms with van der Waals surface area (Å²) < 4.78 is 1.71. The van der Waals surface area contributed by atoms with Crippen molar-refractivity contribution in [3.05, 3.63) is 10.2 Å². The van der Waals surface area contributed by atoms with Gasteiger partial charge in [-0.05, 0) is 0 Å². The molecule has 0 N–H and O–H groups in total. The van der Waals surface area contributed by atoms with Crippen LogP contribution in [0.15, 0.2) is 10.2 Å². The maximum atomic E-state index is 9.44. The van der Waals surface area contributed by atoms with Crippen molar-refractivity contribution in [2.24, 2.45) is 0 Å². The number of carbonyl (C=O) groups excluding carboxylic acids is 1. The minimum atomic E-state index is -0.476. The number of rotatable bonds is 2. The first-order valence-corrected chi connectivity index (χ1v) is 5.59. The molecule has 0 aliphatic carbocycles. The van der Waals surface area contributed by atoms with E-state index in [0.29, 0.717) is 0 Å². The van der Waals surface area contributed by atoms with Gasteiger partial charge < -0.3 is 0 Å². The van der Waals surface area contributed by atoms with E-state index in [4.69, 9.17) is 8.96 Å². The quantitative estimate of drug-likeness (QED) is 0.376. The monoisotopic (exact) mass is 220 g/mol. The zero-order valence-corrected chi connectivity index (χ0v) is 6.01. The molecule has 0 radical (unpaired) electrons. The van der Waals surface area contributed by atoms with Crippen LogP contribution in [0, 0.1) is 0 Å². The first kappa shape index (κ1) is 6.49. The standard InChI is InChI=1S/C3H3ClOTe/c4-6-3-1-2-5/h1-3H/b3-1+. The van der Waals surface area contributed by atoms with E-state index in [1.165, 1.54) is 6.08 Å². The Morgan fingerprint density at radius 2 is 2.33 bits per heavy atom. The molecule has 0 rings (SSSR count). The topological polar surface area (TPSA) is 17.1 Å². The summed E-state index contributed by atoms with van der Waals surface area (Å²) in [4.78, 5) is 9.44. The molecule has 0 bridgehead atoms. The van der Waals surface area contributed by atoms with Crippen LogP contribution in [-0.4, -0.2) is 26.1 Å². The SMILES string of the molecule is O=C/C=C/[Te]Cl. The van der Waals surface area contributed by atoms with Crippen LogP contribution in [0.4, 0.5) is 0 Å². The third kappa shape index (κ3) is 4.49. The van der Waals surface area contributed by atoms with Crippen molar-refractivity contribution >= 4 is 35.1 Å². The van der Waals surface area contributed by atoms with Gasteiger partial charge in [0.15, 0.2) is 0 Å². The van der Waals surface area contributed by atoms with Crippen LogP contribution in [-0.2, 0) is 4.79 Å². The Morgan fingerprint density at radius 3 is 2.50 bits per heavy atom. The number of allylic oxidation sites excluding steroid dienone is 1. The Balaban J connectivity index is 2.94. The molecule has 0 aromatic rings. The summed E-state index contributed by atoms with van der Waals surface area (Å²) in [6.45, 7) is 0. The number of carbonyl (C=O) groups is 1. The van der Waals surface area contributed by atoms with Crippen LogP contribution in [0.1, 0.15) is 0 Å². The average Bonchev–Trinajstić information content (AvgIpc) is 1.61. The fraction of sp³-hybridized carbons (Fsp3) is 0. The van der Waals surface area contributed by atoms with Gasteiger partial charge >= 0.3 is 50.0 Å². The summed E-state index contributed by atoms with van der Waals surface area (Å²) >= 11 is -0.476. The summed E-state index contributed by atoms with van der Waals surface area (Å²) in [5.74, 6) is 0. The van der Waals surface area contributed by atoms with Gasteiger partial charge in [0.25, 0.3) is 0 Å². The van der Waals surface area contributed by atoms with Crippen molar-refractivity contribution in [2.45, 2.75) is 0 Å². The van der Waals surface area contributed by atoms with E-state index in [1.54, 1.807) is 4.12 Å². The molecule has 0 heterocycles. The van der Waals surface area contributed by atoms with Crippen molar-refractivity contribution in [3.63, 3.8) is 0 Å². The predicted octanol–water partition coefficient (Wildman–Crippen LogP) is 0.557. The summed E-state index contributed by atoms with van der Waals surface area (Å²) in [6.07, 6.45) is 2.16. The Kier molecular flexibility index (Phi) is 5.94. The molecule has 0 saturated heterocycles. The van der Waals surface area contributed by atoms with Gasteiger partial charge in [0.1, 0.15) is 0 Å². The van der Waals surface area contributed by atoms with Gasteiger partial charge in [-0.25, -0.2) is 0 Å². The fourth-order valence-electron chi connectivity index (χ4n) is 0.0618. The van der Waals surface area contributed by atoms with Crippen molar-refractivity contribution in [1.29, 1.82) is 0 Å². The van der Waals surface area contributed by atoms with Gasteiger partial charge in [-0.3, -0.25) is 0 Å². The number of hydrogen-bond donors (Lipinski definition) is 0. The van der Waals surface area contributed by atoms with Crippen LogP contribution in [0.5, 0.6) is 0 Å². The van der Waals surface area contributed by atoms with Crippen molar-refractivity contribution in [1.82, 2.24) is 0 Å². The minimum absolute atomic E-state index is 0.476. The van der Waals surface area contributed by atoms with Crippen LogP contribution < -0.4 is 0 Å². The number of halogens is 1. The Morgan fingerprint density at radius 1 is 1.67 bits per heavy atom. The molecule has 0 aromatic heterocycles. The maximum absolute atomic E-state index is 9.44. The summed E-state index contributed by atoms with van der Waals surface area (Å²) in [7, 11) is 5.26. The zero-order valence-electron chi connectivity index (χ0n) is 2.93. The summed E-state index contributed by atoms with van der Waals surface area (Å²) in [5, 5.41) is 0. The second kappa shape index (κ2) is 5.49. The van der Waals surface area contributed by atoms with E-state index in [-0.39, 0.29) is 0 Å². The predicted molar refractivity (Wildman–Crippen MR) is 26.8 cm³/mol. The second-order valence-electron chi connectivity index (χ2n) is 0.554. The molecule has 3 heteroatoms. The molecule has 0 aliphatic heterocycles. The van der Waals surface area contributed by atoms with Gasteiger partial charge in [-0.1, -0.05) is 0 Å². The zero-order chi connectivity index (χ0) is 4.83. The molecule has 0 unspecified atom stereocenters. The Hall–Kier alpha value is 0.490. The number of hydrogen-bond acceptors (Lipinski definition) is 1. The summed E-state index contributed by atoms with van der Waals surface area (Å²) in [6, 6.07) is 0. The first-order chi connectivity index (χ1) is 2.91. The first-order valence-electron chi connectivity index (χ1n) is 1.29. The molecule has 0 aliphatic rings. The molecule has 0 saturated carbocycles. The van der Waals surface area contributed by atoms with E-state index in [9.17, 15) is 4.79 Å². The van der Waals surface area contributed by atoms with E-state index < -0.39 is 19.8 Å². The normalized spacial score (nSPS) is 9.50. The second-order valence-corrected chi connectivity index (χ2v) is 3.03. The van der Waals surface area contributed by atoms with Crippen LogP contribution in [0.3, 0.4) is 0 Å². The molecular formula is C3H3ClOTe. The van der Waals surface area contributed by atoms with E-state index in [0.717, 1.165) is 6.29 Å². The van der Waals surface area contributed by atoms with E-state index in [1.807, 2.05) is 0 Å². The van der Waals surface area contributed by atoms with E-state index in [2.05, 4.69) is 0 Å². The fourth-order valence-corrected chi connectivity index (χ4v) is 0.813. The molecule has 1 nitrogen and oxygen atoms in total. The Labute approximate surface area is 50.2 Å². The average molecular weight is 218 g/mol. The van der Waals surface area contributed by atoms with Crippen molar-refractivity contribution < 1.29 is 4.79 Å². The molecule has 0 atom stereocenters. The van der Waals surface area contributed by atoms with Crippen LogP contribution in [0.2, 0.25) is 0 Å². The molecular weight excluding hydrogens is 215 g/mol. The van der Waals surface area contributed by atoms with E-state index >= 15 is 0 Å². The molecule has 6 heavy (non-hydrogen) atoms. The van der Waals surface area contributed by atoms with Gasteiger partial charge in [0, 0.05) is 0 Å². The molecule has 34 valence electrons. The third-order valence-corrected chi connectivity index (χ3v) is 1.64. The van der Waals surface area contributed by atoms with Crippen molar-refractivity contribution in [3.8, 4) is 0 Å². The molecule has 0 spiro atoms. The van der Waals surface area contributed by atoms with Crippen LogP contribution >= 0.6 is 8.96 Å². The van der Waals surface area contributed by atoms with Gasteiger partial charge in [0.2, 0.25) is 0 Å². The molecule has 0 amide bonds. The van der Waals surface area contributed by atoms with Gasteiger partial charge in [-0.2, -0.15) is 0 Å². The third-order valence-electron chi connectivity index (χ3n) is 0.209. The van der Waals surface area contributed by atoms with Gasteiger partial charge in [-0.15, -0.1) is 0 Å². The van der Waals surface area contributed by atoms with Gasteiger partial charge in [0.05, 0.1) is 0 Å². The Bertz CT molecular complexity index is 61.8.